The van der Waals surface area contributed by atoms with Crippen molar-refractivity contribution in [1.29, 1.82) is 0 Å². The maximum atomic E-state index is 10.5. The lowest BCUT2D eigenvalue weighted by atomic mass is 10.1. The van der Waals surface area contributed by atoms with Crippen molar-refractivity contribution in [2.75, 3.05) is 0 Å². The van der Waals surface area contributed by atoms with Gasteiger partial charge in [0.25, 0.3) is 5.69 Å². The van der Waals surface area contributed by atoms with Crippen LogP contribution in [0.5, 0.6) is 0 Å². The summed E-state index contributed by atoms with van der Waals surface area (Å²) in [4.78, 5) is 9.98. The molecule has 0 saturated heterocycles. The topological polar surface area (TPSA) is 63.4 Å². The molecule has 0 aliphatic carbocycles. The molecule has 1 unspecified atom stereocenters. The molecule has 14 heavy (non-hydrogen) atoms. The Morgan fingerprint density at radius 2 is 2.29 bits per heavy atom. The van der Waals surface area contributed by atoms with Crippen molar-refractivity contribution in [3.63, 3.8) is 0 Å². The zero-order chi connectivity index (χ0) is 10.7. The monoisotopic (exact) mass is 215 g/mol. The number of hydrogen-bond acceptors (Lipinski definition) is 3. The molecule has 1 aromatic carbocycles. The van der Waals surface area contributed by atoms with Crippen LogP contribution in [0.15, 0.2) is 18.2 Å². The van der Waals surface area contributed by atoms with Crippen molar-refractivity contribution in [2.45, 2.75) is 19.4 Å². The summed E-state index contributed by atoms with van der Waals surface area (Å²) in [5.74, 6) is 0. The van der Waals surface area contributed by atoms with Gasteiger partial charge >= 0.3 is 0 Å². The summed E-state index contributed by atoms with van der Waals surface area (Å²) in [5, 5.41) is 19.7. The highest BCUT2D eigenvalue weighted by molar-refractivity contribution is 6.32. The van der Waals surface area contributed by atoms with E-state index < -0.39 is 11.0 Å². The fourth-order valence-corrected chi connectivity index (χ4v) is 1.35. The number of benzene rings is 1. The van der Waals surface area contributed by atoms with E-state index in [9.17, 15) is 10.1 Å². The Balaban J connectivity index is 3.00. The van der Waals surface area contributed by atoms with Crippen LogP contribution in [0, 0.1) is 10.1 Å². The first-order chi connectivity index (χ1) is 6.50. The molecule has 0 heterocycles. The van der Waals surface area contributed by atoms with E-state index in [0.29, 0.717) is 12.0 Å². The third kappa shape index (κ3) is 2.68. The summed E-state index contributed by atoms with van der Waals surface area (Å²) >= 11 is 5.62. The fourth-order valence-electron chi connectivity index (χ4n) is 1.17. The molecule has 0 aliphatic heterocycles. The minimum absolute atomic E-state index is 0.115. The lowest BCUT2D eigenvalue weighted by molar-refractivity contribution is -0.384. The lowest BCUT2D eigenvalue weighted by Gasteiger charge is -2.04. The first-order valence-corrected chi connectivity index (χ1v) is 4.49. The molecule has 0 aliphatic rings. The number of halogens is 1. The summed E-state index contributed by atoms with van der Waals surface area (Å²) in [6.07, 6.45) is -0.131. The Bertz CT molecular complexity index is 352. The van der Waals surface area contributed by atoms with Gasteiger partial charge in [0.15, 0.2) is 0 Å². The summed E-state index contributed by atoms with van der Waals surface area (Å²) in [6.45, 7) is 1.63. The molecule has 0 fully saturated rings. The van der Waals surface area contributed by atoms with Crippen LogP contribution in [0.1, 0.15) is 12.5 Å². The van der Waals surface area contributed by atoms with E-state index in [1.165, 1.54) is 12.1 Å². The van der Waals surface area contributed by atoms with Crippen molar-refractivity contribution in [2.24, 2.45) is 0 Å². The Morgan fingerprint density at radius 1 is 1.64 bits per heavy atom. The first-order valence-electron chi connectivity index (χ1n) is 4.11. The summed E-state index contributed by atoms with van der Waals surface area (Å²) in [5.41, 5.74) is 0.584. The molecular weight excluding hydrogens is 206 g/mol. The minimum atomic E-state index is -0.534. The second kappa shape index (κ2) is 4.39. The number of aliphatic hydroxyl groups excluding tert-OH is 1. The summed E-state index contributed by atoms with van der Waals surface area (Å²) in [7, 11) is 0. The Labute approximate surface area is 86.3 Å². The molecule has 76 valence electrons. The highest BCUT2D eigenvalue weighted by atomic mass is 35.5. The SMILES string of the molecule is CC(O)Cc1ccc(Cl)c([N+](=O)[O-])c1. The normalized spacial score (nSPS) is 12.5. The summed E-state index contributed by atoms with van der Waals surface area (Å²) in [6, 6.07) is 4.52. The largest absolute Gasteiger partial charge is 0.393 e. The number of hydrogen-bond donors (Lipinski definition) is 1. The van der Waals surface area contributed by atoms with Crippen LogP contribution >= 0.6 is 11.6 Å². The standard InChI is InChI=1S/C9H10ClNO3/c1-6(12)4-7-2-3-8(10)9(5-7)11(13)14/h2-3,5-6,12H,4H2,1H3. The van der Waals surface area contributed by atoms with E-state index in [-0.39, 0.29) is 10.7 Å². The minimum Gasteiger partial charge on any atom is -0.393 e. The molecule has 0 radical (unpaired) electrons. The molecule has 0 amide bonds. The molecule has 0 spiro atoms. The zero-order valence-electron chi connectivity index (χ0n) is 7.61. The molecule has 0 bridgehead atoms. The maximum absolute atomic E-state index is 10.5. The van der Waals surface area contributed by atoms with Crippen molar-refractivity contribution < 1.29 is 10.0 Å². The van der Waals surface area contributed by atoms with Gasteiger partial charge < -0.3 is 5.11 Å². The van der Waals surface area contributed by atoms with Crippen molar-refractivity contribution in [1.82, 2.24) is 0 Å². The number of aliphatic hydroxyl groups is 1. The molecule has 4 nitrogen and oxygen atoms in total. The van der Waals surface area contributed by atoms with Crippen LogP contribution in [-0.4, -0.2) is 16.1 Å². The Kier molecular flexibility index (Phi) is 3.43. The number of nitrogens with zero attached hydrogens (tertiary/aromatic N) is 1. The van der Waals surface area contributed by atoms with Crippen LogP contribution in [-0.2, 0) is 6.42 Å². The Hall–Kier alpha value is -1.13. The van der Waals surface area contributed by atoms with E-state index in [2.05, 4.69) is 0 Å². The second-order valence-corrected chi connectivity index (χ2v) is 3.50. The third-order valence-corrected chi connectivity index (χ3v) is 2.06. The first kappa shape index (κ1) is 10.9. The predicted molar refractivity (Wildman–Crippen MR) is 53.5 cm³/mol. The van der Waals surface area contributed by atoms with Gasteiger partial charge in [0.05, 0.1) is 11.0 Å². The quantitative estimate of drug-likeness (QED) is 0.621. The van der Waals surface area contributed by atoms with Crippen molar-refractivity contribution in [3.8, 4) is 0 Å². The van der Waals surface area contributed by atoms with Gasteiger partial charge in [0.2, 0.25) is 0 Å². The van der Waals surface area contributed by atoms with Gasteiger partial charge in [-0.05, 0) is 25.0 Å². The molecule has 5 heteroatoms. The average molecular weight is 216 g/mol. The van der Waals surface area contributed by atoms with Crippen LogP contribution in [0.2, 0.25) is 5.02 Å². The molecule has 1 rings (SSSR count). The zero-order valence-corrected chi connectivity index (χ0v) is 8.36. The molecule has 1 N–H and O–H groups in total. The average Bonchev–Trinajstić information content (AvgIpc) is 2.07. The molecule has 0 saturated carbocycles. The molecule has 1 atom stereocenters. The number of nitro benzene ring substituents is 1. The second-order valence-electron chi connectivity index (χ2n) is 3.10. The van der Waals surface area contributed by atoms with Gasteiger partial charge in [-0.25, -0.2) is 0 Å². The number of rotatable bonds is 3. The smallest absolute Gasteiger partial charge is 0.288 e. The Morgan fingerprint density at radius 3 is 2.79 bits per heavy atom. The van der Waals surface area contributed by atoms with Gasteiger partial charge in [0.1, 0.15) is 5.02 Å². The van der Waals surface area contributed by atoms with Crippen LogP contribution in [0.3, 0.4) is 0 Å². The van der Waals surface area contributed by atoms with Gasteiger partial charge in [-0.3, -0.25) is 10.1 Å². The van der Waals surface area contributed by atoms with Gasteiger partial charge in [-0.15, -0.1) is 0 Å². The molecule has 0 aromatic heterocycles. The fraction of sp³-hybridized carbons (Fsp3) is 0.333. The third-order valence-electron chi connectivity index (χ3n) is 1.74. The lowest BCUT2D eigenvalue weighted by Crippen LogP contribution is -2.04. The molecule has 1 aromatic rings. The maximum Gasteiger partial charge on any atom is 0.288 e. The van der Waals surface area contributed by atoms with E-state index in [1.54, 1.807) is 13.0 Å². The molecular formula is C9H10ClNO3. The van der Waals surface area contributed by atoms with Crippen LogP contribution < -0.4 is 0 Å². The highest BCUT2D eigenvalue weighted by Gasteiger charge is 2.13. The van der Waals surface area contributed by atoms with Crippen LogP contribution in [0.4, 0.5) is 5.69 Å². The van der Waals surface area contributed by atoms with E-state index in [0.717, 1.165) is 0 Å². The van der Waals surface area contributed by atoms with Crippen molar-refractivity contribution in [3.05, 3.63) is 38.9 Å². The van der Waals surface area contributed by atoms with Crippen molar-refractivity contribution >= 4 is 17.3 Å². The highest BCUT2D eigenvalue weighted by Crippen LogP contribution is 2.25. The van der Waals surface area contributed by atoms with Crippen LogP contribution in [0.25, 0.3) is 0 Å². The van der Waals surface area contributed by atoms with E-state index in [1.807, 2.05) is 0 Å². The number of nitro groups is 1. The van der Waals surface area contributed by atoms with Gasteiger partial charge in [0, 0.05) is 6.07 Å². The van der Waals surface area contributed by atoms with E-state index in [4.69, 9.17) is 16.7 Å². The van der Waals surface area contributed by atoms with Gasteiger partial charge in [-0.2, -0.15) is 0 Å². The predicted octanol–water partition coefficient (Wildman–Crippen LogP) is 2.17. The van der Waals surface area contributed by atoms with E-state index >= 15 is 0 Å². The summed E-state index contributed by atoms with van der Waals surface area (Å²) < 4.78 is 0. The van der Waals surface area contributed by atoms with Gasteiger partial charge in [-0.1, -0.05) is 17.7 Å².